The molecule has 1 unspecified atom stereocenters. The van der Waals surface area contributed by atoms with Gasteiger partial charge >= 0.3 is 12.5 Å². The summed E-state index contributed by atoms with van der Waals surface area (Å²) in [6.07, 6.45) is -2.91. The van der Waals surface area contributed by atoms with Gasteiger partial charge in [0.2, 0.25) is 0 Å². The van der Waals surface area contributed by atoms with Crippen molar-refractivity contribution >= 4 is 34.7 Å². The molecule has 2 aromatic carbocycles. The molecule has 1 amide bonds. The van der Waals surface area contributed by atoms with Gasteiger partial charge in [-0.3, -0.25) is 5.32 Å². The van der Waals surface area contributed by atoms with Gasteiger partial charge in [0.1, 0.15) is 18.2 Å². The molecule has 0 fully saturated rings. The largest absolute Gasteiger partial charge is 0.573 e. The molecule has 0 radical (unpaired) electrons. The highest BCUT2D eigenvalue weighted by Gasteiger charge is 2.31. The lowest BCUT2D eigenvalue weighted by Gasteiger charge is -2.12. The van der Waals surface area contributed by atoms with Gasteiger partial charge in [0, 0.05) is 17.4 Å². The van der Waals surface area contributed by atoms with Crippen LogP contribution in [0.3, 0.4) is 0 Å². The lowest BCUT2D eigenvalue weighted by molar-refractivity contribution is -0.274. The molecule has 1 atom stereocenters. The Morgan fingerprint density at radius 1 is 1.12 bits per heavy atom. The summed E-state index contributed by atoms with van der Waals surface area (Å²) in [7, 11) is 0. The van der Waals surface area contributed by atoms with Crippen molar-refractivity contribution in [2.75, 3.05) is 5.32 Å². The van der Waals surface area contributed by atoms with E-state index in [9.17, 15) is 18.0 Å². The minimum atomic E-state index is -4.76. The first-order valence-electron chi connectivity index (χ1n) is 9.63. The molecule has 0 aliphatic heterocycles. The van der Waals surface area contributed by atoms with Crippen LogP contribution < -0.4 is 10.1 Å². The third-order valence-corrected chi connectivity index (χ3v) is 5.67. The SMILES string of the molecule is CC(OC(=O)Nc1ccc(-c2ncn(-c3ccc(OC(F)(F)F)cc3)n2)cc1)c1cnc(Cl)s1. The summed E-state index contributed by atoms with van der Waals surface area (Å²) < 4.78 is 47.8. The van der Waals surface area contributed by atoms with Crippen LogP contribution in [0.25, 0.3) is 17.1 Å². The van der Waals surface area contributed by atoms with Crippen molar-refractivity contribution in [2.24, 2.45) is 0 Å². The Balaban J connectivity index is 1.37. The fourth-order valence-electron chi connectivity index (χ4n) is 2.84. The van der Waals surface area contributed by atoms with E-state index in [0.29, 0.717) is 27.2 Å². The van der Waals surface area contributed by atoms with Gasteiger partial charge in [-0.25, -0.2) is 19.4 Å². The lowest BCUT2D eigenvalue weighted by Crippen LogP contribution is -2.17. The Labute approximate surface area is 199 Å². The fraction of sp³-hybridized carbons (Fsp3) is 0.143. The number of nitrogens with zero attached hydrogens (tertiary/aromatic N) is 4. The van der Waals surface area contributed by atoms with E-state index in [1.807, 2.05) is 0 Å². The summed E-state index contributed by atoms with van der Waals surface area (Å²) in [4.78, 5) is 21.0. The number of thiazole rings is 1. The fourth-order valence-corrected chi connectivity index (χ4v) is 3.78. The summed E-state index contributed by atoms with van der Waals surface area (Å²) in [6.45, 7) is 1.71. The quantitative estimate of drug-likeness (QED) is 0.330. The summed E-state index contributed by atoms with van der Waals surface area (Å²) in [5, 5.41) is 6.97. The third-order valence-electron chi connectivity index (χ3n) is 4.40. The Kier molecular flexibility index (Phi) is 6.70. The molecule has 0 aliphatic rings. The van der Waals surface area contributed by atoms with Gasteiger partial charge < -0.3 is 9.47 Å². The van der Waals surface area contributed by atoms with E-state index in [0.717, 1.165) is 4.88 Å². The molecule has 2 aromatic heterocycles. The van der Waals surface area contributed by atoms with Crippen molar-refractivity contribution in [3.8, 4) is 22.8 Å². The Morgan fingerprint density at radius 2 is 1.82 bits per heavy atom. The molecular formula is C21H15ClF3N5O3S. The van der Waals surface area contributed by atoms with Crippen molar-refractivity contribution in [1.82, 2.24) is 19.7 Å². The van der Waals surface area contributed by atoms with Crippen LogP contribution in [-0.2, 0) is 4.74 Å². The molecule has 0 spiro atoms. The van der Waals surface area contributed by atoms with Gasteiger partial charge in [0.25, 0.3) is 0 Å². The Bertz CT molecular complexity index is 1280. The average molecular weight is 510 g/mol. The summed E-state index contributed by atoms with van der Waals surface area (Å²) >= 11 is 7.03. The normalized spacial score (nSPS) is 12.3. The predicted molar refractivity (Wildman–Crippen MR) is 119 cm³/mol. The molecule has 8 nitrogen and oxygen atoms in total. The number of nitrogens with one attached hydrogen (secondary N) is 1. The molecule has 0 saturated carbocycles. The molecule has 2 heterocycles. The van der Waals surface area contributed by atoms with Crippen LogP contribution >= 0.6 is 22.9 Å². The topological polar surface area (TPSA) is 91.2 Å². The standard InChI is InChI=1S/C21H15ClF3N5O3S/c1-12(17-10-26-19(22)34-17)32-20(31)28-14-4-2-13(3-5-14)18-27-11-30(29-18)15-6-8-16(9-7-15)33-21(23,24)25/h2-12H,1H3,(H,28,31). The van der Waals surface area contributed by atoms with Crippen LogP contribution in [0.2, 0.25) is 4.47 Å². The maximum absolute atomic E-state index is 12.3. The lowest BCUT2D eigenvalue weighted by atomic mass is 10.2. The number of amides is 1. The first kappa shape index (κ1) is 23.5. The van der Waals surface area contributed by atoms with Gasteiger partial charge in [-0.1, -0.05) is 11.6 Å². The highest BCUT2D eigenvalue weighted by atomic mass is 35.5. The zero-order chi connectivity index (χ0) is 24.3. The van der Waals surface area contributed by atoms with Gasteiger partial charge in [-0.2, -0.15) is 0 Å². The number of ether oxygens (including phenoxy) is 2. The van der Waals surface area contributed by atoms with Crippen molar-refractivity contribution in [3.63, 3.8) is 0 Å². The minimum Gasteiger partial charge on any atom is -0.440 e. The summed E-state index contributed by atoms with van der Waals surface area (Å²) in [5.74, 6) is 0.0592. The molecule has 176 valence electrons. The maximum atomic E-state index is 12.3. The molecule has 0 bridgehead atoms. The van der Waals surface area contributed by atoms with Crippen molar-refractivity contribution < 1.29 is 27.4 Å². The average Bonchev–Trinajstić information content (AvgIpc) is 3.43. The molecule has 4 rings (SSSR count). The number of anilines is 1. The first-order chi connectivity index (χ1) is 16.2. The number of carbonyl (C=O) groups is 1. The van der Waals surface area contributed by atoms with Crippen LogP contribution in [0.1, 0.15) is 17.9 Å². The molecule has 1 N–H and O–H groups in total. The molecule has 34 heavy (non-hydrogen) atoms. The van der Waals surface area contributed by atoms with Crippen LogP contribution in [-0.4, -0.2) is 32.2 Å². The third kappa shape index (κ3) is 6.02. The van der Waals surface area contributed by atoms with Crippen molar-refractivity contribution in [3.05, 3.63) is 70.4 Å². The number of rotatable bonds is 6. The summed E-state index contributed by atoms with van der Waals surface area (Å²) in [6, 6.07) is 12.0. The van der Waals surface area contributed by atoms with Crippen LogP contribution in [0, 0.1) is 0 Å². The summed E-state index contributed by atoms with van der Waals surface area (Å²) in [5.41, 5.74) is 1.68. The minimum absolute atomic E-state index is 0.330. The number of halogens is 4. The van der Waals surface area contributed by atoms with Crippen LogP contribution in [0.4, 0.5) is 23.7 Å². The number of hydrogen-bond donors (Lipinski definition) is 1. The predicted octanol–water partition coefficient (Wildman–Crippen LogP) is 6.25. The smallest absolute Gasteiger partial charge is 0.440 e. The molecular weight excluding hydrogens is 495 g/mol. The van der Waals surface area contributed by atoms with Crippen molar-refractivity contribution in [2.45, 2.75) is 19.4 Å². The van der Waals surface area contributed by atoms with E-state index in [1.165, 1.54) is 46.6 Å². The van der Waals surface area contributed by atoms with Crippen molar-refractivity contribution in [1.29, 1.82) is 0 Å². The Hall–Kier alpha value is -3.64. The van der Waals surface area contributed by atoms with Gasteiger partial charge in [-0.15, -0.1) is 29.6 Å². The van der Waals surface area contributed by atoms with Crippen LogP contribution in [0.5, 0.6) is 5.75 Å². The van der Waals surface area contributed by atoms with Gasteiger partial charge in [0.15, 0.2) is 10.3 Å². The highest BCUT2D eigenvalue weighted by molar-refractivity contribution is 7.15. The number of alkyl halides is 3. The number of aromatic nitrogens is 4. The number of carbonyl (C=O) groups excluding carboxylic acids is 1. The van der Waals surface area contributed by atoms with E-state index in [2.05, 4.69) is 25.1 Å². The number of hydrogen-bond acceptors (Lipinski definition) is 7. The molecule has 4 aromatic rings. The van der Waals surface area contributed by atoms with Crippen LogP contribution in [0.15, 0.2) is 61.1 Å². The van der Waals surface area contributed by atoms with Gasteiger partial charge in [0.05, 0.1) is 10.6 Å². The monoisotopic (exact) mass is 509 g/mol. The second-order valence-corrected chi connectivity index (χ2v) is 8.46. The second-order valence-electron chi connectivity index (χ2n) is 6.82. The Morgan fingerprint density at radius 3 is 2.44 bits per heavy atom. The highest BCUT2D eigenvalue weighted by Crippen LogP contribution is 2.27. The van der Waals surface area contributed by atoms with E-state index in [1.54, 1.807) is 37.4 Å². The van der Waals surface area contributed by atoms with E-state index in [-0.39, 0.29) is 5.75 Å². The number of benzene rings is 2. The van der Waals surface area contributed by atoms with E-state index in [4.69, 9.17) is 16.3 Å². The zero-order valence-corrected chi connectivity index (χ0v) is 18.9. The molecule has 0 saturated heterocycles. The molecule has 0 aliphatic carbocycles. The maximum Gasteiger partial charge on any atom is 0.573 e. The van der Waals surface area contributed by atoms with Gasteiger partial charge in [-0.05, 0) is 55.5 Å². The molecule has 13 heteroatoms. The first-order valence-corrected chi connectivity index (χ1v) is 10.8. The second kappa shape index (κ2) is 9.69. The zero-order valence-electron chi connectivity index (χ0n) is 17.3. The van der Waals surface area contributed by atoms with E-state index >= 15 is 0 Å². The van der Waals surface area contributed by atoms with E-state index < -0.39 is 18.6 Å².